The van der Waals surface area contributed by atoms with Gasteiger partial charge < -0.3 is 0 Å². The third kappa shape index (κ3) is 2.52. The second kappa shape index (κ2) is 5.29. The summed E-state index contributed by atoms with van der Waals surface area (Å²) in [6.07, 6.45) is 7.62. The highest BCUT2D eigenvalue weighted by molar-refractivity contribution is 5.74. The number of hydrogen-bond acceptors (Lipinski definition) is 1. The first-order valence-corrected chi connectivity index (χ1v) is 6.38. The van der Waals surface area contributed by atoms with Crippen LogP contribution in [-0.4, -0.2) is 6.29 Å². The fourth-order valence-electron chi connectivity index (χ4n) is 2.75. The van der Waals surface area contributed by atoms with E-state index in [0.717, 1.165) is 23.7 Å². The van der Waals surface area contributed by atoms with Gasteiger partial charge in [-0.25, -0.2) is 0 Å². The van der Waals surface area contributed by atoms with E-state index in [1.165, 1.54) is 37.7 Å². The lowest BCUT2D eigenvalue weighted by Crippen LogP contribution is -2.12. The van der Waals surface area contributed by atoms with Crippen molar-refractivity contribution in [1.29, 1.82) is 0 Å². The Morgan fingerprint density at radius 2 is 1.75 bits per heavy atom. The molecule has 1 aromatic rings. The molecule has 0 heterocycles. The molecule has 0 atom stereocenters. The Balaban J connectivity index is 1.99. The second-order valence-electron chi connectivity index (χ2n) is 4.91. The molecule has 1 nitrogen and oxygen atoms in total. The smallest absolute Gasteiger partial charge is 0.150 e. The van der Waals surface area contributed by atoms with E-state index < -0.39 is 0 Å². The van der Waals surface area contributed by atoms with Crippen LogP contribution in [0.3, 0.4) is 0 Å². The van der Waals surface area contributed by atoms with Crippen LogP contribution in [0.5, 0.6) is 0 Å². The van der Waals surface area contributed by atoms with Crippen molar-refractivity contribution in [3.05, 3.63) is 35.4 Å². The van der Waals surface area contributed by atoms with Gasteiger partial charge in [0.2, 0.25) is 0 Å². The summed E-state index contributed by atoms with van der Waals surface area (Å²) in [5.41, 5.74) is 2.20. The van der Waals surface area contributed by atoms with Gasteiger partial charge in [-0.15, -0.1) is 0 Å². The Morgan fingerprint density at radius 1 is 1.12 bits per heavy atom. The largest absolute Gasteiger partial charge is 0.298 e. The molecule has 0 aliphatic heterocycles. The van der Waals surface area contributed by atoms with Crippen molar-refractivity contribution in [2.75, 3.05) is 0 Å². The quantitative estimate of drug-likeness (QED) is 0.693. The average Bonchev–Trinajstić information content (AvgIpc) is 2.39. The molecule has 86 valence electrons. The van der Waals surface area contributed by atoms with E-state index in [-0.39, 0.29) is 0 Å². The number of rotatable bonds is 3. The van der Waals surface area contributed by atoms with Crippen LogP contribution in [0, 0.1) is 5.92 Å². The van der Waals surface area contributed by atoms with Crippen LogP contribution in [0.2, 0.25) is 0 Å². The molecule has 1 aliphatic carbocycles. The molecule has 1 aromatic carbocycles. The molecule has 0 N–H and O–H groups in total. The van der Waals surface area contributed by atoms with Gasteiger partial charge in [-0.3, -0.25) is 4.79 Å². The van der Waals surface area contributed by atoms with E-state index in [4.69, 9.17) is 0 Å². The third-order valence-electron chi connectivity index (χ3n) is 3.97. The first-order chi connectivity index (χ1) is 7.83. The maximum Gasteiger partial charge on any atom is 0.150 e. The first-order valence-electron chi connectivity index (χ1n) is 6.38. The van der Waals surface area contributed by atoms with Gasteiger partial charge in [0.1, 0.15) is 6.29 Å². The maximum absolute atomic E-state index is 10.6. The Kier molecular flexibility index (Phi) is 3.76. The van der Waals surface area contributed by atoms with Crippen molar-refractivity contribution in [2.45, 2.75) is 44.9 Å². The molecule has 0 radical (unpaired) electrons. The fraction of sp³-hybridized carbons (Fsp3) is 0.533. The SMILES string of the molecule is CCC1CCC(c2ccc(C=O)cc2)CC1. The molecular formula is C15H20O. The molecular weight excluding hydrogens is 196 g/mol. The highest BCUT2D eigenvalue weighted by Gasteiger charge is 2.20. The van der Waals surface area contributed by atoms with Gasteiger partial charge in [0.15, 0.2) is 0 Å². The molecule has 0 bridgehead atoms. The third-order valence-corrected chi connectivity index (χ3v) is 3.97. The van der Waals surface area contributed by atoms with E-state index in [9.17, 15) is 4.79 Å². The predicted octanol–water partition coefficient (Wildman–Crippen LogP) is 4.18. The van der Waals surface area contributed by atoms with Gasteiger partial charge in [0.25, 0.3) is 0 Å². The van der Waals surface area contributed by atoms with Crippen molar-refractivity contribution < 1.29 is 4.79 Å². The van der Waals surface area contributed by atoms with Crippen LogP contribution < -0.4 is 0 Å². The topological polar surface area (TPSA) is 17.1 Å². The second-order valence-corrected chi connectivity index (χ2v) is 4.91. The van der Waals surface area contributed by atoms with E-state index in [2.05, 4.69) is 19.1 Å². The van der Waals surface area contributed by atoms with Crippen molar-refractivity contribution >= 4 is 6.29 Å². The number of hydrogen-bond donors (Lipinski definition) is 0. The fourth-order valence-corrected chi connectivity index (χ4v) is 2.75. The molecule has 0 aromatic heterocycles. The van der Waals surface area contributed by atoms with Gasteiger partial charge in [0, 0.05) is 5.56 Å². The number of carbonyl (C=O) groups excluding carboxylic acids is 1. The summed E-state index contributed by atoms with van der Waals surface area (Å²) in [5, 5.41) is 0. The molecule has 2 rings (SSSR count). The normalized spacial score (nSPS) is 25.3. The van der Waals surface area contributed by atoms with Crippen LogP contribution in [0.15, 0.2) is 24.3 Å². The molecule has 0 unspecified atom stereocenters. The van der Waals surface area contributed by atoms with Gasteiger partial charge in [0.05, 0.1) is 0 Å². The molecule has 1 saturated carbocycles. The van der Waals surface area contributed by atoms with Gasteiger partial charge in [-0.05, 0) is 43.1 Å². The summed E-state index contributed by atoms with van der Waals surface area (Å²) in [5.74, 6) is 1.68. The monoisotopic (exact) mass is 216 g/mol. The van der Waals surface area contributed by atoms with E-state index >= 15 is 0 Å². The molecule has 0 saturated heterocycles. The molecule has 16 heavy (non-hydrogen) atoms. The van der Waals surface area contributed by atoms with Gasteiger partial charge >= 0.3 is 0 Å². The predicted molar refractivity (Wildman–Crippen MR) is 66.8 cm³/mol. The highest BCUT2D eigenvalue weighted by atomic mass is 16.1. The van der Waals surface area contributed by atoms with Crippen LogP contribution in [-0.2, 0) is 0 Å². The maximum atomic E-state index is 10.6. The zero-order chi connectivity index (χ0) is 11.4. The Morgan fingerprint density at radius 3 is 2.25 bits per heavy atom. The van der Waals surface area contributed by atoms with Crippen LogP contribution >= 0.6 is 0 Å². The minimum atomic E-state index is 0.725. The van der Waals surface area contributed by atoms with Crippen molar-refractivity contribution in [3.63, 3.8) is 0 Å². The number of benzene rings is 1. The Hall–Kier alpha value is -1.11. The summed E-state index contributed by atoms with van der Waals surface area (Å²) in [6, 6.07) is 8.13. The van der Waals surface area contributed by atoms with E-state index in [0.29, 0.717) is 0 Å². The zero-order valence-corrected chi connectivity index (χ0v) is 9.99. The van der Waals surface area contributed by atoms with Crippen LogP contribution in [0.4, 0.5) is 0 Å². The summed E-state index contributed by atoms with van der Waals surface area (Å²) < 4.78 is 0. The Labute approximate surface area is 97.9 Å². The summed E-state index contributed by atoms with van der Waals surface area (Å²) >= 11 is 0. The van der Waals surface area contributed by atoms with E-state index in [1.54, 1.807) is 0 Å². The van der Waals surface area contributed by atoms with Crippen molar-refractivity contribution in [3.8, 4) is 0 Å². The van der Waals surface area contributed by atoms with E-state index in [1.807, 2.05) is 12.1 Å². The average molecular weight is 216 g/mol. The van der Waals surface area contributed by atoms with Crippen molar-refractivity contribution in [2.24, 2.45) is 5.92 Å². The Bertz CT molecular complexity index is 331. The lowest BCUT2D eigenvalue weighted by molar-refractivity contribution is 0.112. The summed E-state index contributed by atoms with van der Waals surface area (Å²) in [7, 11) is 0. The highest BCUT2D eigenvalue weighted by Crippen LogP contribution is 2.36. The zero-order valence-electron chi connectivity index (χ0n) is 9.99. The van der Waals surface area contributed by atoms with Crippen LogP contribution in [0.25, 0.3) is 0 Å². The van der Waals surface area contributed by atoms with Crippen molar-refractivity contribution in [1.82, 2.24) is 0 Å². The molecule has 1 fully saturated rings. The number of aldehydes is 1. The minimum Gasteiger partial charge on any atom is -0.298 e. The summed E-state index contributed by atoms with van der Waals surface area (Å²) in [4.78, 5) is 10.6. The van der Waals surface area contributed by atoms with Crippen LogP contribution in [0.1, 0.15) is 60.9 Å². The summed E-state index contributed by atoms with van der Waals surface area (Å²) in [6.45, 7) is 2.30. The first kappa shape index (κ1) is 11.4. The van der Waals surface area contributed by atoms with Gasteiger partial charge in [-0.2, -0.15) is 0 Å². The van der Waals surface area contributed by atoms with Gasteiger partial charge in [-0.1, -0.05) is 37.6 Å². The molecule has 1 aliphatic rings. The lowest BCUT2D eigenvalue weighted by Gasteiger charge is -2.28. The lowest BCUT2D eigenvalue weighted by atomic mass is 9.78. The minimum absolute atomic E-state index is 0.725. The molecule has 0 amide bonds. The standard InChI is InChI=1S/C15H20O/c1-2-12-3-7-14(8-4-12)15-9-5-13(11-16)6-10-15/h5-6,9-12,14H,2-4,7-8H2,1H3. The molecule has 0 spiro atoms. The molecule has 1 heteroatoms. The number of carbonyl (C=O) groups is 1.